The van der Waals surface area contributed by atoms with Crippen LogP contribution in [0.1, 0.15) is 39.4 Å². The van der Waals surface area contributed by atoms with Crippen LogP contribution in [0.4, 0.5) is 5.13 Å². The highest BCUT2D eigenvalue weighted by Gasteiger charge is 2.14. The van der Waals surface area contributed by atoms with E-state index in [9.17, 15) is 0 Å². The fourth-order valence-electron chi connectivity index (χ4n) is 1.48. The molecule has 0 radical (unpaired) electrons. The van der Waals surface area contributed by atoms with E-state index in [1.165, 1.54) is 0 Å². The van der Waals surface area contributed by atoms with E-state index in [-0.39, 0.29) is 0 Å². The average Bonchev–Trinajstić information content (AvgIpc) is 2.66. The van der Waals surface area contributed by atoms with Gasteiger partial charge in [-0.25, -0.2) is 4.98 Å². The lowest BCUT2D eigenvalue weighted by Gasteiger charge is -2.24. The van der Waals surface area contributed by atoms with Gasteiger partial charge in [-0.1, -0.05) is 0 Å². The van der Waals surface area contributed by atoms with E-state index >= 15 is 0 Å². The Morgan fingerprint density at radius 3 is 2.60 bits per heavy atom. The van der Waals surface area contributed by atoms with E-state index < -0.39 is 0 Å². The number of hydrogen-bond donors (Lipinski definition) is 1. The van der Waals surface area contributed by atoms with Gasteiger partial charge in [-0.05, 0) is 34.7 Å². The minimum atomic E-state index is 0.334. The summed E-state index contributed by atoms with van der Waals surface area (Å²) < 4.78 is 0. The molecule has 0 aliphatic heterocycles. The summed E-state index contributed by atoms with van der Waals surface area (Å²) in [6, 6.07) is 0.847. The maximum Gasteiger partial charge on any atom is 0.185 e. The minimum absolute atomic E-state index is 0.334. The van der Waals surface area contributed by atoms with Crippen molar-refractivity contribution < 1.29 is 0 Å². The third-order valence-electron chi connectivity index (χ3n) is 2.60. The molecule has 1 atom stereocenters. The van der Waals surface area contributed by atoms with Gasteiger partial charge >= 0.3 is 0 Å². The molecule has 86 valence electrons. The molecule has 1 unspecified atom stereocenters. The van der Waals surface area contributed by atoms with Gasteiger partial charge in [-0.15, -0.1) is 11.3 Å². The van der Waals surface area contributed by atoms with Crippen molar-refractivity contribution in [2.24, 2.45) is 0 Å². The Morgan fingerprint density at radius 2 is 2.13 bits per heavy atom. The van der Waals surface area contributed by atoms with Crippen molar-refractivity contribution in [3.8, 4) is 0 Å². The molecule has 4 heteroatoms. The normalized spacial score (nSPS) is 13.2. The van der Waals surface area contributed by atoms with Gasteiger partial charge in [0, 0.05) is 24.0 Å². The molecule has 0 bridgehead atoms. The zero-order chi connectivity index (χ0) is 11.4. The van der Waals surface area contributed by atoms with Crippen molar-refractivity contribution in [1.82, 2.24) is 10.3 Å². The van der Waals surface area contributed by atoms with E-state index in [1.54, 1.807) is 11.3 Å². The number of nitrogens with zero attached hydrogens (tertiary/aromatic N) is 2. The van der Waals surface area contributed by atoms with Crippen LogP contribution in [-0.2, 0) is 0 Å². The number of aromatic nitrogens is 1. The largest absolute Gasteiger partial charge is 0.346 e. The summed E-state index contributed by atoms with van der Waals surface area (Å²) in [6.07, 6.45) is 0. The quantitative estimate of drug-likeness (QED) is 0.838. The highest BCUT2D eigenvalue weighted by Crippen LogP contribution is 2.25. The van der Waals surface area contributed by atoms with Crippen molar-refractivity contribution in [1.29, 1.82) is 0 Å². The molecule has 3 nitrogen and oxygen atoms in total. The predicted molar refractivity (Wildman–Crippen MR) is 67.7 cm³/mol. The van der Waals surface area contributed by atoms with Crippen LogP contribution in [0.25, 0.3) is 0 Å². The Labute approximate surface area is 96.5 Å². The van der Waals surface area contributed by atoms with Crippen LogP contribution in [0.5, 0.6) is 0 Å². The summed E-state index contributed by atoms with van der Waals surface area (Å²) in [6.45, 7) is 9.71. The third kappa shape index (κ3) is 2.92. The molecule has 1 N–H and O–H groups in total. The molecule has 15 heavy (non-hydrogen) atoms. The van der Waals surface area contributed by atoms with Crippen molar-refractivity contribution in [2.45, 2.75) is 39.8 Å². The maximum atomic E-state index is 4.66. The molecule has 0 amide bonds. The van der Waals surface area contributed by atoms with Gasteiger partial charge in [0.05, 0.1) is 5.69 Å². The van der Waals surface area contributed by atoms with Gasteiger partial charge < -0.3 is 10.2 Å². The second-order valence-electron chi connectivity index (χ2n) is 3.95. The van der Waals surface area contributed by atoms with Crippen LogP contribution in [0.3, 0.4) is 0 Å². The van der Waals surface area contributed by atoms with Gasteiger partial charge in [0.25, 0.3) is 0 Å². The van der Waals surface area contributed by atoms with Crippen molar-refractivity contribution in [3.05, 3.63) is 11.1 Å². The van der Waals surface area contributed by atoms with Crippen molar-refractivity contribution in [3.63, 3.8) is 0 Å². The standard InChI is InChI=1S/C11H21N3S/c1-6-14(8(2)3)11-13-10(7-15-11)9(4)12-5/h7-9,12H,6H2,1-5H3. The molecule has 1 aromatic heterocycles. The first kappa shape index (κ1) is 12.5. The second kappa shape index (κ2) is 5.47. The van der Waals surface area contributed by atoms with Gasteiger partial charge in [0.2, 0.25) is 0 Å². The van der Waals surface area contributed by atoms with Crippen LogP contribution in [0.2, 0.25) is 0 Å². The number of hydrogen-bond acceptors (Lipinski definition) is 4. The molecule has 0 saturated carbocycles. The average molecular weight is 227 g/mol. The Hall–Kier alpha value is -0.610. The number of anilines is 1. The molecule has 0 spiro atoms. The summed E-state index contributed by atoms with van der Waals surface area (Å²) in [7, 11) is 1.96. The number of rotatable bonds is 5. The third-order valence-corrected chi connectivity index (χ3v) is 3.49. The van der Waals surface area contributed by atoms with Crippen LogP contribution in [-0.4, -0.2) is 24.6 Å². The summed E-state index contributed by atoms with van der Waals surface area (Å²) >= 11 is 1.73. The van der Waals surface area contributed by atoms with Crippen LogP contribution < -0.4 is 10.2 Å². The molecule has 0 saturated heterocycles. The van der Waals surface area contributed by atoms with Crippen LogP contribution in [0, 0.1) is 0 Å². The highest BCUT2D eigenvalue weighted by molar-refractivity contribution is 7.13. The predicted octanol–water partition coefficient (Wildman–Crippen LogP) is 2.66. The van der Waals surface area contributed by atoms with Crippen molar-refractivity contribution >= 4 is 16.5 Å². The minimum Gasteiger partial charge on any atom is -0.346 e. The van der Waals surface area contributed by atoms with Gasteiger partial charge in [-0.3, -0.25) is 0 Å². The number of thiazole rings is 1. The molecule has 1 aromatic rings. The lowest BCUT2D eigenvalue weighted by Crippen LogP contribution is -2.30. The summed E-state index contributed by atoms with van der Waals surface area (Å²) in [5.41, 5.74) is 1.14. The Bertz CT molecular complexity index is 296. The van der Waals surface area contributed by atoms with E-state index in [2.05, 4.69) is 48.3 Å². The molecule has 0 aliphatic carbocycles. The molecular weight excluding hydrogens is 206 g/mol. The summed E-state index contributed by atoms with van der Waals surface area (Å²) in [5.74, 6) is 0. The maximum absolute atomic E-state index is 4.66. The highest BCUT2D eigenvalue weighted by atomic mass is 32.1. The van der Waals surface area contributed by atoms with Crippen LogP contribution in [0.15, 0.2) is 5.38 Å². The van der Waals surface area contributed by atoms with Gasteiger partial charge in [0.15, 0.2) is 5.13 Å². The fraction of sp³-hybridized carbons (Fsp3) is 0.727. The monoisotopic (exact) mass is 227 g/mol. The molecule has 0 fully saturated rings. The Morgan fingerprint density at radius 1 is 1.47 bits per heavy atom. The lowest BCUT2D eigenvalue weighted by molar-refractivity contribution is 0.632. The van der Waals surface area contributed by atoms with E-state index in [1.807, 2.05) is 7.05 Å². The first-order valence-corrected chi connectivity index (χ1v) is 6.37. The first-order valence-electron chi connectivity index (χ1n) is 5.49. The lowest BCUT2D eigenvalue weighted by atomic mass is 10.3. The van der Waals surface area contributed by atoms with Crippen LogP contribution >= 0.6 is 11.3 Å². The van der Waals surface area contributed by atoms with E-state index in [0.717, 1.165) is 17.4 Å². The Kier molecular flexibility index (Phi) is 4.54. The van der Waals surface area contributed by atoms with E-state index in [4.69, 9.17) is 0 Å². The first-order chi connectivity index (χ1) is 7.10. The molecule has 0 aromatic carbocycles. The molecular formula is C11H21N3S. The van der Waals surface area contributed by atoms with Crippen molar-refractivity contribution in [2.75, 3.05) is 18.5 Å². The zero-order valence-corrected chi connectivity index (χ0v) is 11.1. The van der Waals surface area contributed by atoms with Gasteiger partial charge in [-0.2, -0.15) is 0 Å². The SMILES string of the molecule is CCN(c1nc(C(C)NC)cs1)C(C)C. The topological polar surface area (TPSA) is 28.2 Å². The Balaban J connectivity index is 2.82. The summed E-state index contributed by atoms with van der Waals surface area (Å²) in [5, 5.41) is 6.48. The fourth-order valence-corrected chi connectivity index (χ4v) is 2.59. The van der Waals surface area contributed by atoms with Gasteiger partial charge in [0.1, 0.15) is 0 Å². The zero-order valence-electron chi connectivity index (χ0n) is 10.2. The smallest absolute Gasteiger partial charge is 0.185 e. The molecule has 1 rings (SSSR count). The van der Waals surface area contributed by atoms with E-state index in [0.29, 0.717) is 12.1 Å². The summed E-state index contributed by atoms with van der Waals surface area (Å²) in [4.78, 5) is 6.97. The number of nitrogens with one attached hydrogen (secondary N) is 1. The second-order valence-corrected chi connectivity index (χ2v) is 4.78. The molecule has 1 heterocycles. The molecule has 0 aliphatic rings.